The molecule has 0 bridgehead atoms. The summed E-state index contributed by atoms with van der Waals surface area (Å²) in [5.74, 6) is -0.392. The summed E-state index contributed by atoms with van der Waals surface area (Å²) in [7, 11) is 0. The van der Waals surface area contributed by atoms with Gasteiger partial charge in [-0.1, -0.05) is 13.3 Å². The Hall–Kier alpha value is -0.780. The predicted molar refractivity (Wildman–Crippen MR) is 51.6 cm³/mol. The summed E-state index contributed by atoms with van der Waals surface area (Å²) >= 11 is 0. The van der Waals surface area contributed by atoms with Crippen LogP contribution in [-0.2, 0) is 4.79 Å². The van der Waals surface area contributed by atoms with Gasteiger partial charge in [0.1, 0.15) is 5.54 Å². The van der Waals surface area contributed by atoms with E-state index in [4.69, 9.17) is 0 Å². The van der Waals surface area contributed by atoms with Gasteiger partial charge in [0.25, 0.3) is 0 Å². The first-order valence-electron chi connectivity index (χ1n) is 5.54. The minimum atomic E-state index is -4.30. The molecule has 2 rings (SSSR count). The standard InChI is InChI=1S/C10H15F3N2O/c1-2-3-7-8(16)15(6-14-7)9(4-5-9)10(11,12)13/h7,14H,2-6H2,1H3. The number of alkyl halides is 3. The molecule has 1 N–H and O–H groups in total. The molecule has 2 fully saturated rings. The summed E-state index contributed by atoms with van der Waals surface area (Å²) in [6.07, 6.45) is -2.82. The first-order valence-corrected chi connectivity index (χ1v) is 5.54. The average molecular weight is 236 g/mol. The molecule has 92 valence electrons. The van der Waals surface area contributed by atoms with Gasteiger partial charge >= 0.3 is 6.18 Å². The van der Waals surface area contributed by atoms with Crippen LogP contribution in [0.5, 0.6) is 0 Å². The third kappa shape index (κ3) is 1.59. The summed E-state index contributed by atoms with van der Waals surface area (Å²) in [4.78, 5) is 12.8. The maximum absolute atomic E-state index is 12.8. The van der Waals surface area contributed by atoms with Crippen molar-refractivity contribution in [1.29, 1.82) is 0 Å². The molecule has 1 saturated heterocycles. The van der Waals surface area contributed by atoms with Crippen molar-refractivity contribution < 1.29 is 18.0 Å². The highest BCUT2D eigenvalue weighted by molar-refractivity contribution is 5.85. The summed E-state index contributed by atoms with van der Waals surface area (Å²) in [6, 6.07) is -0.426. The van der Waals surface area contributed by atoms with Gasteiger partial charge in [-0.25, -0.2) is 0 Å². The number of nitrogens with one attached hydrogen (secondary N) is 1. The van der Waals surface area contributed by atoms with Crippen molar-refractivity contribution in [3.8, 4) is 0 Å². The monoisotopic (exact) mass is 236 g/mol. The zero-order chi connectivity index (χ0) is 12.0. The molecule has 0 aromatic heterocycles. The second kappa shape index (κ2) is 3.61. The molecule has 0 spiro atoms. The summed E-state index contributed by atoms with van der Waals surface area (Å²) in [5.41, 5.74) is -1.86. The highest BCUT2D eigenvalue weighted by Crippen LogP contribution is 2.54. The van der Waals surface area contributed by atoms with Crippen LogP contribution in [0.15, 0.2) is 0 Å². The first-order chi connectivity index (χ1) is 7.42. The van der Waals surface area contributed by atoms with E-state index in [9.17, 15) is 18.0 Å². The molecule has 0 aromatic carbocycles. The molecule has 0 aromatic rings. The molecular formula is C10H15F3N2O. The lowest BCUT2D eigenvalue weighted by Crippen LogP contribution is -2.50. The smallest absolute Gasteiger partial charge is 0.314 e. The van der Waals surface area contributed by atoms with E-state index < -0.39 is 23.7 Å². The quantitative estimate of drug-likeness (QED) is 0.808. The zero-order valence-corrected chi connectivity index (χ0v) is 9.10. The van der Waals surface area contributed by atoms with Gasteiger partial charge in [-0.2, -0.15) is 13.2 Å². The van der Waals surface area contributed by atoms with Crippen LogP contribution >= 0.6 is 0 Å². The number of rotatable bonds is 3. The lowest BCUT2D eigenvalue weighted by Gasteiger charge is -2.29. The lowest BCUT2D eigenvalue weighted by molar-refractivity contribution is -0.197. The van der Waals surface area contributed by atoms with Gasteiger partial charge in [-0.15, -0.1) is 0 Å². The molecule has 1 heterocycles. The Bertz CT molecular complexity index is 299. The largest absolute Gasteiger partial charge is 0.411 e. The van der Waals surface area contributed by atoms with E-state index in [2.05, 4.69) is 5.32 Å². The number of nitrogens with zero attached hydrogens (tertiary/aromatic N) is 1. The number of amides is 1. The van der Waals surface area contributed by atoms with E-state index in [1.54, 1.807) is 0 Å². The molecule has 0 radical (unpaired) electrons. The van der Waals surface area contributed by atoms with E-state index in [-0.39, 0.29) is 19.5 Å². The van der Waals surface area contributed by atoms with Gasteiger partial charge in [0, 0.05) is 0 Å². The van der Waals surface area contributed by atoms with Gasteiger partial charge in [0.2, 0.25) is 5.91 Å². The second-order valence-electron chi connectivity index (χ2n) is 4.50. The lowest BCUT2D eigenvalue weighted by atomic mass is 10.1. The molecular weight excluding hydrogens is 221 g/mol. The van der Waals surface area contributed by atoms with Crippen LogP contribution in [0.2, 0.25) is 0 Å². The van der Waals surface area contributed by atoms with E-state index in [0.29, 0.717) is 6.42 Å². The van der Waals surface area contributed by atoms with Crippen LogP contribution in [0.3, 0.4) is 0 Å². The number of hydrogen-bond donors (Lipinski definition) is 1. The molecule has 1 aliphatic carbocycles. The third-order valence-corrected chi connectivity index (χ3v) is 3.41. The van der Waals surface area contributed by atoms with E-state index in [1.165, 1.54) is 0 Å². The van der Waals surface area contributed by atoms with Gasteiger partial charge in [0.15, 0.2) is 0 Å². The highest BCUT2D eigenvalue weighted by atomic mass is 19.4. The summed E-state index contributed by atoms with van der Waals surface area (Å²) in [5, 5.41) is 2.85. The Morgan fingerprint density at radius 3 is 2.56 bits per heavy atom. The second-order valence-corrected chi connectivity index (χ2v) is 4.50. The van der Waals surface area contributed by atoms with Crippen molar-refractivity contribution in [2.24, 2.45) is 0 Å². The van der Waals surface area contributed by atoms with Crippen molar-refractivity contribution in [1.82, 2.24) is 10.2 Å². The minimum absolute atomic E-state index is 0.0308. The normalized spacial score (nSPS) is 28.6. The fraction of sp³-hybridized carbons (Fsp3) is 0.900. The summed E-state index contributed by atoms with van der Waals surface area (Å²) < 4.78 is 38.4. The third-order valence-electron chi connectivity index (χ3n) is 3.41. The van der Waals surface area contributed by atoms with Gasteiger partial charge < -0.3 is 4.90 Å². The van der Waals surface area contributed by atoms with Crippen molar-refractivity contribution in [3.63, 3.8) is 0 Å². The van der Waals surface area contributed by atoms with Crippen molar-refractivity contribution in [2.45, 2.75) is 50.4 Å². The molecule has 1 atom stereocenters. The average Bonchev–Trinajstić information content (AvgIpc) is 2.91. The Balaban J connectivity index is 2.10. The minimum Gasteiger partial charge on any atom is -0.314 e. The fourth-order valence-electron chi connectivity index (χ4n) is 2.26. The molecule has 1 saturated carbocycles. The van der Waals surface area contributed by atoms with Crippen molar-refractivity contribution in [2.75, 3.05) is 6.67 Å². The topological polar surface area (TPSA) is 32.3 Å². The van der Waals surface area contributed by atoms with Gasteiger partial charge in [0.05, 0.1) is 12.7 Å². The number of carbonyl (C=O) groups is 1. The fourth-order valence-corrected chi connectivity index (χ4v) is 2.26. The van der Waals surface area contributed by atoms with Crippen LogP contribution in [-0.4, -0.2) is 35.2 Å². The molecule has 16 heavy (non-hydrogen) atoms. The highest BCUT2D eigenvalue weighted by Gasteiger charge is 2.69. The number of carbonyl (C=O) groups excluding carboxylic acids is 1. The van der Waals surface area contributed by atoms with Gasteiger partial charge in [-0.3, -0.25) is 10.1 Å². The van der Waals surface area contributed by atoms with Crippen molar-refractivity contribution >= 4 is 5.91 Å². The van der Waals surface area contributed by atoms with Crippen LogP contribution < -0.4 is 5.32 Å². The zero-order valence-electron chi connectivity index (χ0n) is 9.10. The first kappa shape index (κ1) is 11.7. The Labute approximate surface area is 92.0 Å². The maximum Gasteiger partial charge on any atom is 0.411 e. The van der Waals surface area contributed by atoms with Crippen LogP contribution in [0.25, 0.3) is 0 Å². The molecule has 1 amide bonds. The predicted octanol–water partition coefficient (Wildman–Crippen LogP) is 1.64. The number of hydrogen-bond acceptors (Lipinski definition) is 2. The van der Waals surface area contributed by atoms with Crippen LogP contribution in [0.1, 0.15) is 32.6 Å². The molecule has 2 aliphatic rings. The molecule has 1 unspecified atom stereocenters. The Morgan fingerprint density at radius 1 is 1.50 bits per heavy atom. The van der Waals surface area contributed by atoms with Gasteiger partial charge in [-0.05, 0) is 19.3 Å². The molecule has 1 aliphatic heterocycles. The van der Waals surface area contributed by atoms with E-state index >= 15 is 0 Å². The van der Waals surface area contributed by atoms with Crippen molar-refractivity contribution in [3.05, 3.63) is 0 Å². The van der Waals surface area contributed by atoms with Crippen LogP contribution in [0.4, 0.5) is 13.2 Å². The Morgan fingerprint density at radius 2 is 2.12 bits per heavy atom. The maximum atomic E-state index is 12.8. The summed E-state index contributed by atoms with van der Waals surface area (Å²) in [6.45, 7) is 1.94. The molecule has 6 heteroatoms. The van der Waals surface area contributed by atoms with E-state index in [1.807, 2.05) is 6.92 Å². The Kier molecular flexibility index (Phi) is 2.64. The molecule has 3 nitrogen and oxygen atoms in total. The number of halogens is 3. The van der Waals surface area contributed by atoms with E-state index in [0.717, 1.165) is 11.3 Å². The SMILES string of the molecule is CCCC1NCN(C2(C(F)(F)F)CC2)C1=O. The van der Waals surface area contributed by atoms with Crippen LogP contribution in [0, 0.1) is 0 Å².